The van der Waals surface area contributed by atoms with Crippen molar-refractivity contribution in [2.45, 2.75) is 18.2 Å². The molecule has 0 atom stereocenters. The van der Waals surface area contributed by atoms with Crippen LogP contribution in [0.4, 0.5) is 10.8 Å². The van der Waals surface area contributed by atoms with E-state index in [2.05, 4.69) is 17.4 Å². The molecule has 0 radical (unpaired) electrons. The van der Waals surface area contributed by atoms with Gasteiger partial charge in [0, 0.05) is 35.0 Å². The third kappa shape index (κ3) is 6.56. The molecule has 0 spiro atoms. The highest BCUT2D eigenvalue weighted by molar-refractivity contribution is 8.00. The van der Waals surface area contributed by atoms with Gasteiger partial charge < -0.3 is 5.32 Å². The first-order valence-corrected chi connectivity index (χ1v) is 12.8. The Kier molecular flexibility index (Phi) is 8.12. The minimum atomic E-state index is -0.108. The van der Waals surface area contributed by atoms with Gasteiger partial charge in [-0.25, -0.2) is 4.98 Å². The quantitative estimate of drug-likeness (QED) is 0.288. The Bertz CT molecular complexity index is 1230. The lowest BCUT2D eigenvalue weighted by Crippen LogP contribution is -2.34. The number of aromatic nitrogens is 1. The van der Waals surface area contributed by atoms with Crippen LogP contribution in [-0.2, 0) is 16.0 Å². The zero-order valence-corrected chi connectivity index (χ0v) is 20.4. The van der Waals surface area contributed by atoms with Gasteiger partial charge >= 0.3 is 0 Å². The third-order valence-electron chi connectivity index (χ3n) is 5.10. The molecule has 0 fully saturated rings. The molecule has 1 heterocycles. The van der Waals surface area contributed by atoms with Gasteiger partial charge in [0.25, 0.3) is 0 Å². The summed E-state index contributed by atoms with van der Waals surface area (Å²) in [5.74, 6) is 0.206. The van der Waals surface area contributed by atoms with E-state index in [9.17, 15) is 9.59 Å². The number of benzene rings is 3. The molecule has 7 heteroatoms. The molecule has 4 rings (SSSR count). The van der Waals surface area contributed by atoms with E-state index in [-0.39, 0.29) is 11.8 Å². The summed E-state index contributed by atoms with van der Waals surface area (Å²) in [6.45, 7) is 2.04. The molecule has 34 heavy (non-hydrogen) atoms. The van der Waals surface area contributed by atoms with Crippen molar-refractivity contribution in [3.05, 3.63) is 95.9 Å². The smallest absolute Gasteiger partial charge is 0.239 e. The Morgan fingerprint density at radius 3 is 2.29 bits per heavy atom. The summed E-state index contributed by atoms with van der Waals surface area (Å²) in [6.07, 6.45) is 0.753. The van der Waals surface area contributed by atoms with Crippen LogP contribution in [0.15, 0.2) is 95.2 Å². The van der Waals surface area contributed by atoms with Gasteiger partial charge in [-0.2, -0.15) is 0 Å². The molecular weight excluding hydrogens is 462 g/mol. The van der Waals surface area contributed by atoms with E-state index in [0.717, 1.165) is 28.3 Å². The van der Waals surface area contributed by atoms with Crippen molar-refractivity contribution >= 4 is 45.7 Å². The Balaban J connectivity index is 1.47. The second-order valence-corrected chi connectivity index (χ2v) is 9.54. The Morgan fingerprint density at radius 1 is 0.941 bits per heavy atom. The first kappa shape index (κ1) is 23.7. The molecule has 0 aliphatic rings. The van der Waals surface area contributed by atoms with E-state index >= 15 is 0 Å². The molecule has 0 bridgehead atoms. The number of nitrogens with one attached hydrogen (secondary N) is 1. The fraction of sp³-hybridized carbons (Fsp3) is 0.148. The predicted molar refractivity (Wildman–Crippen MR) is 142 cm³/mol. The summed E-state index contributed by atoms with van der Waals surface area (Å²) in [4.78, 5) is 32.1. The third-order valence-corrected chi connectivity index (χ3v) is 6.96. The van der Waals surface area contributed by atoms with Crippen LogP contribution in [0.3, 0.4) is 0 Å². The molecule has 0 unspecified atom stereocenters. The van der Waals surface area contributed by atoms with E-state index in [1.807, 2.05) is 78.2 Å². The number of thiazole rings is 1. The number of hydrogen-bond donors (Lipinski definition) is 1. The maximum Gasteiger partial charge on any atom is 0.239 e. The van der Waals surface area contributed by atoms with E-state index in [1.54, 1.807) is 4.90 Å². The topological polar surface area (TPSA) is 62.3 Å². The van der Waals surface area contributed by atoms with Crippen molar-refractivity contribution in [2.75, 3.05) is 22.5 Å². The molecular formula is C27H25N3O2S2. The number of nitrogens with zero attached hydrogens (tertiary/aromatic N) is 2. The summed E-state index contributed by atoms with van der Waals surface area (Å²) in [5, 5.41) is 5.47. The molecule has 5 nitrogen and oxygen atoms in total. The zero-order chi connectivity index (χ0) is 23.8. The van der Waals surface area contributed by atoms with Gasteiger partial charge in [-0.05, 0) is 36.2 Å². The molecule has 1 N–H and O–H groups in total. The molecule has 0 aliphatic heterocycles. The maximum atomic E-state index is 13.3. The van der Waals surface area contributed by atoms with Crippen LogP contribution in [0.5, 0.6) is 0 Å². The molecule has 0 saturated carbocycles. The van der Waals surface area contributed by atoms with E-state index in [4.69, 9.17) is 4.98 Å². The van der Waals surface area contributed by atoms with E-state index in [1.165, 1.54) is 35.6 Å². The maximum absolute atomic E-state index is 13.3. The van der Waals surface area contributed by atoms with Crippen molar-refractivity contribution in [3.8, 4) is 11.3 Å². The van der Waals surface area contributed by atoms with Gasteiger partial charge in [0.05, 0.1) is 11.4 Å². The minimum absolute atomic E-state index is 0.0147. The number of rotatable bonds is 9. The number of carbonyl (C=O) groups excluding carboxylic acids is 2. The number of hydrogen-bond acceptors (Lipinski definition) is 5. The van der Waals surface area contributed by atoms with Crippen molar-refractivity contribution in [1.29, 1.82) is 0 Å². The number of carbonyl (C=O) groups is 2. The average Bonchev–Trinajstić information content (AvgIpc) is 3.34. The number of amides is 2. The first-order valence-electron chi connectivity index (χ1n) is 10.9. The Labute approximate surface area is 207 Å². The van der Waals surface area contributed by atoms with Crippen LogP contribution >= 0.6 is 23.1 Å². The lowest BCUT2D eigenvalue weighted by Gasteiger charge is -2.20. The largest absolute Gasteiger partial charge is 0.326 e. The van der Waals surface area contributed by atoms with E-state index < -0.39 is 0 Å². The van der Waals surface area contributed by atoms with Gasteiger partial charge in [0.15, 0.2) is 5.13 Å². The van der Waals surface area contributed by atoms with Gasteiger partial charge in [-0.15, -0.1) is 23.1 Å². The van der Waals surface area contributed by atoms with Gasteiger partial charge in [0.2, 0.25) is 11.8 Å². The summed E-state index contributed by atoms with van der Waals surface area (Å²) in [6, 6.07) is 27.7. The van der Waals surface area contributed by atoms with Crippen LogP contribution in [0.2, 0.25) is 0 Å². The summed E-state index contributed by atoms with van der Waals surface area (Å²) < 4.78 is 0. The van der Waals surface area contributed by atoms with Gasteiger partial charge in [-0.3, -0.25) is 14.5 Å². The summed E-state index contributed by atoms with van der Waals surface area (Å²) in [5.41, 5.74) is 3.83. The standard InChI is InChI=1S/C27H25N3O2S2/c1-20(31)28-23-12-14-24(15-13-23)33-19-26(32)30(17-16-21-8-4-2-5-9-21)27-29-25(18-34-27)22-10-6-3-7-11-22/h2-15,18H,16-17,19H2,1H3,(H,28,31). The monoisotopic (exact) mass is 487 g/mol. The van der Waals surface area contributed by atoms with Crippen LogP contribution in [-0.4, -0.2) is 29.1 Å². The lowest BCUT2D eigenvalue weighted by molar-refractivity contribution is -0.116. The first-order chi connectivity index (χ1) is 16.6. The Morgan fingerprint density at radius 2 is 1.62 bits per heavy atom. The highest BCUT2D eigenvalue weighted by Gasteiger charge is 2.20. The molecule has 4 aromatic rings. The minimum Gasteiger partial charge on any atom is -0.326 e. The molecule has 2 amide bonds. The fourth-order valence-electron chi connectivity index (χ4n) is 3.40. The van der Waals surface area contributed by atoms with Crippen LogP contribution in [0.25, 0.3) is 11.3 Å². The summed E-state index contributed by atoms with van der Waals surface area (Å²) in [7, 11) is 0. The number of anilines is 2. The fourth-order valence-corrected chi connectivity index (χ4v) is 5.05. The SMILES string of the molecule is CC(=O)Nc1ccc(SCC(=O)N(CCc2ccccc2)c2nc(-c3ccccc3)cs2)cc1. The van der Waals surface area contributed by atoms with Crippen LogP contribution < -0.4 is 10.2 Å². The van der Waals surface area contributed by atoms with Gasteiger partial charge in [0.1, 0.15) is 0 Å². The van der Waals surface area contributed by atoms with Crippen molar-refractivity contribution < 1.29 is 9.59 Å². The highest BCUT2D eigenvalue weighted by atomic mass is 32.2. The van der Waals surface area contributed by atoms with Crippen molar-refractivity contribution in [3.63, 3.8) is 0 Å². The molecule has 0 saturated heterocycles. The lowest BCUT2D eigenvalue weighted by atomic mass is 10.1. The second kappa shape index (κ2) is 11.6. The van der Waals surface area contributed by atoms with Crippen molar-refractivity contribution in [2.24, 2.45) is 0 Å². The Hall–Kier alpha value is -3.42. The normalized spacial score (nSPS) is 10.6. The van der Waals surface area contributed by atoms with E-state index in [0.29, 0.717) is 17.4 Å². The molecule has 3 aromatic carbocycles. The number of thioether (sulfide) groups is 1. The van der Waals surface area contributed by atoms with Gasteiger partial charge in [-0.1, -0.05) is 60.7 Å². The second-order valence-electron chi connectivity index (χ2n) is 7.66. The highest BCUT2D eigenvalue weighted by Crippen LogP contribution is 2.29. The predicted octanol–water partition coefficient (Wildman–Crippen LogP) is 6.14. The average molecular weight is 488 g/mol. The van der Waals surface area contributed by atoms with Crippen molar-refractivity contribution in [1.82, 2.24) is 4.98 Å². The summed E-state index contributed by atoms with van der Waals surface area (Å²) >= 11 is 2.97. The van der Waals surface area contributed by atoms with Crippen LogP contribution in [0.1, 0.15) is 12.5 Å². The molecule has 172 valence electrons. The molecule has 1 aromatic heterocycles. The zero-order valence-electron chi connectivity index (χ0n) is 18.8. The van der Waals surface area contributed by atoms with Crippen LogP contribution in [0, 0.1) is 0 Å². The molecule has 0 aliphatic carbocycles.